The topological polar surface area (TPSA) is 159 Å². The maximum Gasteiger partial charge on any atom is 0.312 e. The number of phenolic OH excluding ortho intramolecular Hbond substituents is 3. The number of carbonyl (C=O) groups is 1. The molecule has 0 fully saturated rings. The first kappa shape index (κ1) is 22.9. The van der Waals surface area contributed by atoms with Gasteiger partial charge >= 0.3 is 5.97 Å². The molecule has 4 heterocycles. The van der Waals surface area contributed by atoms with Gasteiger partial charge in [0.25, 0.3) is 5.56 Å². The molecule has 0 saturated carbocycles. The van der Waals surface area contributed by atoms with Crippen LogP contribution in [-0.2, 0) is 17.8 Å². The van der Waals surface area contributed by atoms with Gasteiger partial charge in [0.05, 0.1) is 11.9 Å². The van der Waals surface area contributed by atoms with E-state index in [1.54, 1.807) is 10.6 Å². The third-order valence-electron chi connectivity index (χ3n) is 7.51. The predicted molar refractivity (Wildman–Crippen MR) is 139 cm³/mol. The minimum atomic E-state index is -0.965. The number of aromatic nitrogens is 1. The lowest BCUT2D eigenvalue weighted by molar-refractivity contribution is -0.135. The Bertz CT molecular complexity index is 2040. The summed E-state index contributed by atoms with van der Waals surface area (Å²) < 4.78 is 13.1. The van der Waals surface area contributed by atoms with E-state index in [4.69, 9.17) is 9.15 Å². The Hall–Kier alpha value is -5.25. The van der Waals surface area contributed by atoms with Crippen LogP contribution < -0.4 is 15.7 Å². The molecule has 0 spiro atoms. The lowest BCUT2D eigenvalue weighted by Gasteiger charge is -2.26. The molecule has 0 radical (unpaired) electrons. The molecule has 0 saturated heterocycles. The molecule has 194 valence electrons. The fourth-order valence-corrected chi connectivity index (χ4v) is 5.75. The minimum Gasteiger partial charge on any atom is -0.507 e. The summed E-state index contributed by atoms with van der Waals surface area (Å²) in [5.41, 5.74) is 1.02. The van der Waals surface area contributed by atoms with E-state index in [0.717, 1.165) is 34.7 Å². The Morgan fingerprint density at radius 1 is 0.897 bits per heavy atom. The van der Waals surface area contributed by atoms with E-state index in [-0.39, 0.29) is 45.6 Å². The summed E-state index contributed by atoms with van der Waals surface area (Å²) in [5, 5.41) is 41.5. The van der Waals surface area contributed by atoms with Crippen LogP contribution in [-0.4, -0.2) is 31.0 Å². The van der Waals surface area contributed by atoms with Crippen molar-refractivity contribution in [2.45, 2.75) is 25.3 Å². The number of pyridine rings is 1. The monoisotopic (exact) mass is 525 g/mol. The maximum atomic E-state index is 13.7. The molecule has 2 aliphatic heterocycles. The van der Waals surface area contributed by atoms with Gasteiger partial charge in [0, 0.05) is 35.2 Å². The second kappa shape index (κ2) is 7.87. The van der Waals surface area contributed by atoms with Crippen LogP contribution in [0.2, 0.25) is 0 Å². The van der Waals surface area contributed by atoms with Crippen LogP contribution in [0.25, 0.3) is 33.2 Å². The average molecular weight is 525 g/mol. The first-order valence-electron chi connectivity index (χ1n) is 12.2. The first-order chi connectivity index (χ1) is 18.7. The molecule has 3 aromatic carbocycles. The number of ether oxygens (including phenoxy) is 1. The highest BCUT2D eigenvalue weighted by atomic mass is 16.5. The van der Waals surface area contributed by atoms with Crippen molar-refractivity contribution in [1.82, 2.24) is 4.57 Å². The highest BCUT2D eigenvalue weighted by Crippen LogP contribution is 2.47. The predicted octanol–water partition coefficient (Wildman–Crippen LogP) is 3.59. The summed E-state index contributed by atoms with van der Waals surface area (Å²) in [6, 6.07) is 12.2. The Morgan fingerprint density at radius 3 is 2.51 bits per heavy atom. The van der Waals surface area contributed by atoms with Crippen molar-refractivity contribution in [1.29, 1.82) is 0 Å². The van der Waals surface area contributed by atoms with E-state index in [1.165, 1.54) is 6.07 Å². The lowest BCUT2D eigenvalue weighted by atomic mass is 9.85. The number of aryl methyl sites for hydroxylation is 2. The van der Waals surface area contributed by atoms with Crippen molar-refractivity contribution in [2.75, 3.05) is 0 Å². The highest BCUT2D eigenvalue weighted by molar-refractivity contribution is 5.95. The van der Waals surface area contributed by atoms with Crippen molar-refractivity contribution in [3.8, 4) is 40.1 Å². The van der Waals surface area contributed by atoms with Crippen LogP contribution in [0.15, 0.2) is 62.5 Å². The van der Waals surface area contributed by atoms with Crippen molar-refractivity contribution >= 4 is 27.8 Å². The molecule has 2 aromatic heterocycles. The molecule has 7 rings (SSSR count). The van der Waals surface area contributed by atoms with E-state index >= 15 is 0 Å². The van der Waals surface area contributed by atoms with Crippen LogP contribution in [0.4, 0.5) is 0 Å². The molecule has 39 heavy (non-hydrogen) atoms. The molecular weight excluding hydrogens is 506 g/mol. The highest BCUT2D eigenvalue weighted by Gasteiger charge is 2.36. The Balaban J connectivity index is 1.56. The van der Waals surface area contributed by atoms with Gasteiger partial charge in [-0.2, -0.15) is 0 Å². The van der Waals surface area contributed by atoms with E-state index in [2.05, 4.69) is 0 Å². The molecule has 2 aliphatic rings. The van der Waals surface area contributed by atoms with Crippen LogP contribution in [0.1, 0.15) is 29.0 Å². The number of phenols is 3. The van der Waals surface area contributed by atoms with Crippen LogP contribution in [0.3, 0.4) is 0 Å². The summed E-state index contributed by atoms with van der Waals surface area (Å²) in [6.07, 6.45) is 0.473. The van der Waals surface area contributed by atoms with E-state index in [0.29, 0.717) is 18.5 Å². The molecule has 1 unspecified atom stereocenters. The standard InChI is InChI=1S/C29H19NO9/c31-17-5-4-14(9-18(17)32)27-26(36)25(35)23-19(33)11-20-22(28(23)39-27)15(10-21(34)38-20)16-8-13-3-1-2-12-6-7-30(24(12)13)29(16)37/h1-5,8-9,11,15,31-33,36H,6-7,10H2. The number of esters is 1. The fourth-order valence-electron chi connectivity index (χ4n) is 5.75. The van der Waals surface area contributed by atoms with Gasteiger partial charge < -0.3 is 34.1 Å². The van der Waals surface area contributed by atoms with Crippen molar-refractivity contribution in [3.63, 3.8) is 0 Å². The molecule has 0 bridgehead atoms. The molecule has 0 aliphatic carbocycles. The summed E-state index contributed by atoms with van der Waals surface area (Å²) in [6.45, 7) is 0.486. The molecule has 10 nitrogen and oxygen atoms in total. The SMILES string of the molecule is O=C1CC(c2cc3cccc4c3n(c2=O)CC4)c2c(cc(O)c3c(=O)c(O)c(-c4ccc(O)c(O)c4)oc23)O1. The second-order valence-electron chi connectivity index (χ2n) is 9.72. The van der Waals surface area contributed by atoms with Crippen molar-refractivity contribution < 1.29 is 34.4 Å². The van der Waals surface area contributed by atoms with Gasteiger partial charge in [-0.15, -0.1) is 0 Å². The zero-order valence-electron chi connectivity index (χ0n) is 20.1. The van der Waals surface area contributed by atoms with Gasteiger partial charge in [0.2, 0.25) is 11.2 Å². The van der Waals surface area contributed by atoms with Gasteiger partial charge in [-0.25, -0.2) is 0 Å². The third kappa shape index (κ3) is 3.18. The molecule has 0 amide bonds. The minimum absolute atomic E-state index is 0.0646. The summed E-state index contributed by atoms with van der Waals surface area (Å²) in [4.78, 5) is 39.7. The van der Waals surface area contributed by atoms with E-state index < -0.39 is 40.3 Å². The number of fused-ring (bicyclic) bond motifs is 3. The zero-order chi connectivity index (χ0) is 27.2. The molecule has 10 heteroatoms. The van der Waals surface area contributed by atoms with Gasteiger partial charge in [-0.1, -0.05) is 18.2 Å². The van der Waals surface area contributed by atoms with Gasteiger partial charge in [-0.05, 0) is 41.6 Å². The maximum absolute atomic E-state index is 13.7. The fraction of sp³-hybridized carbons (Fsp3) is 0.138. The normalized spacial score (nSPS) is 16.0. The zero-order valence-corrected chi connectivity index (χ0v) is 20.1. The first-order valence-corrected chi connectivity index (χ1v) is 12.2. The van der Waals surface area contributed by atoms with Crippen LogP contribution in [0.5, 0.6) is 28.7 Å². The number of aromatic hydroxyl groups is 4. The quantitative estimate of drug-likeness (QED) is 0.153. The Labute approximate surface area is 218 Å². The number of rotatable bonds is 2. The molecule has 4 N–H and O–H groups in total. The van der Waals surface area contributed by atoms with E-state index in [1.807, 2.05) is 18.2 Å². The van der Waals surface area contributed by atoms with Gasteiger partial charge in [0.1, 0.15) is 22.5 Å². The summed E-state index contributed by atoms with van der Waals surface area (Å²) >= 11 is 0. The van der Waals surface area contributed by atoms with E-state index in [9.17, 15) is 34.8 Å². The summed E-state index contributed by atoms with van der Waals surface area (Å²) in [7, 11) is 0. The number of hydrogen-bond acceptors (Lipinski definition) is 9. The second-order valence-corrected chi connectivity index (χ2v) is 9.72. The van der Waals surface area contributed by atoms with Crippen LogP contribution in [0, 0.1) is 0 Å². The molecule has 5 aromatic rings. The van der Waals surface area contributed by atoms with Crippen molar-refractivity contribution in [3.05, 3.63) is 85.8 Å². The van der Waals surface area contributed by atoms with Gasteiger partial charge in [-0.3, -0.25) is 14.4 Å². The number of benzene rings is 3. The molecule has 1 atom stereocenters. The summed E-state index contributed by atoms with van der Waals surface area (Å²) in [5.74, 6) is -4.29. The lowest BCUT2D eigenvalue weighted by Crippen LogP contribution is -2.29. The molecular formula is C29H19NO9. The number of carbonyl (C=O) groups excluding carboxylic acids is 1. The van der Waals surface area contributed by atoms with Gasteiger partial charge in [0.15, 0.2) is 17.3 Å². The number of para-hydroxylation sites is 1. The third-order valence-corrected chi connectivity index (χ3v) is 7.51. The van der Waals surface area contributed by atoms with Crippen LogP contribution >= 0.6 is 0 Å². The largest absolute Gasteiger partial charge is 0.507 e. The number of hydrogen-bond donors (Lipinski definition) is 4. The Kier molecular flexibility index (Phi) is 4.63. The Morgan fingerprint density at radius 2 is 1.72 bits per heavy atom. The average Bonchev–Trinajstić information content (AvgIpc) is 3.35. The number of nitrogens with zero attached hydrogens (tertiary/aromatic N) is 1. The van der Waals surface area contributed by atoms with Crippen molar-refractivity contribution in [2.24, 2.45) is 0 Å². The smallest absolute Gasteiger partial charge is 0.312 e.